The van der Waals surface area contributed by atoms with Crippen molar-refractivity contribution in [2.45, 2.75) is 49.8 Å². The highest BCUT2D eigenvalue weighted by Crippen LogP contribution is 2.28. The number of nitrogens with one attached hydrogen (secondary N) is 1. The summed E-state index contributed by atoms with van der Waals surface area (Å²) in [4.78, 5) is 17.3. The largest absolute Gasteiger partial charge is 0.497 e. The van der Waals surface area contributed by atoms with Crippen LogP contribution >= 0.6 is 11.8 Å². The molecule has 5 nitrogen and oxygen atoms in total. The third-order valence-corrected chi connectivity index (χ3v) is 5.45. The molecule has 1 amide bonds. The van der Waals surface area contributed by atoms with Crippen molar-refractivity contribution in [3.8, 4) is 11.8 Å². The van der Waals surface area contributed by atoms with E-state index in [1.165, 1.54) is 11.8 Å². The Kier molecular flexibility index (Phi) is 8.15. The lowest BCUT2D eigenvalue weighted by molar-refractivity contribution is -0.115. The summed E-state index contributed by atoms with van der Waals surface area (Å²) < 4.78 is 5.19. The predicted octanol–water partition coefficient (Wildman–Crippen LogP) is 4.81. The summed E-state index contributed by atoms with van der Waals surface area (Å²) in [6.45, 7) is 4.09. The van der Waals surface area contributed by atoms with Gasteiger partial charge in [-0.15, -0.1) is 0 Å². The molecular formula is C21H25N3O2S. The third-order valence-electron chi connectivity index (χ3n) is 4.08. The summed E-state index contributed by atoms with van der Waals surface area (Å²) in [5.41, 5.74) is 2.15. The van der Waals surface area contributed by atoms with Crippen LogP contribution in [0, 0.1) is 11.3 Å². The Hall–Kier alpha value is -2.52. The molecule has 1 atom stereocenters. The van der Waals surface area contributed by atoms with Gasteiger partial charge in [0.05, 0.1) is 17.9 Å². The second-order valence-electron chi connectivity index (χ2n) is 6.11. The fraction of sp³-hybridized carbons (Fsp3) is 0.381. The number of pyridine rings is 1. The molecule has 2 aromatic rings. The SMILES string of the molecule is CCCCc1ccc(C#N)c(SC(CC)C(=O)Nc2cccc(OC)c2)n1. The molecule has 1 unspecified atom stereocenters. The zero-order valence-corrected chi connectivity index (χ0v) is 16.8. The normalized spacial score (nSPS) is 11.5. The number of hydrogen-bond donors (Lipinski definition) is 1. The molecule has 6 heteroatoms. The first-order valence-electron chi connectivity index (χ1n) is 9.12. The Labute approximate surface area is 165 Å². The monoisotopic (exact) mass is 383 g/mol. The Morgan fingerprint density at radius 2 is 2.15 bits per heavy atom. The molecule has 0 saturated carbocycles. The van der Waals surface area contributed by atoms with E-state index < -0.39 is 0 Å². The molecule has 1 heterocycles. The van der Waals surface area contributed by atoms with Crippen molar-refractivity contribution in [3.63, 3.8) is 0 Å². The number of thioether (sulfide) groups is 1. The van der Waals surface area contributed by atoms with Crippen LogP contribution in [0.2, 0.25) is 0 Å². The van der Waals surface area contributed by atoms with Crippen LogP contribution in [-0.4, -0.2) is 23.3 Å². The second kappa shape index (κ2) is 10.6. The molecule has 27 heavy (non-hydrogen) atoms. The van der Waals surface area contributed by atoms with Gasteiger partial charge in [-0.05, 0) is 43.5 Å². The number of carbonyl (C=O) groups excluding carboxylic acids is 1. The van der Waals surface area contributed by atoms with Crippen LogP contribution in [-0.2, 0) is 11.2 Å². The van der Waals surface area contributed by atoms with Crippen molar-refractivity contribution in [1.29, 1.82) is 5.26 Å². The summed E-state index contributed by atoms with van der Waals surface area (Å²) in [5, 5.41) is 12.6. The molecule has 1 aromatic carbocycles. The molecule has 0 saturated heterocycles. The molecule has 0 aliphatic carbocycles. The Morgan fingerprint density at radius 1 is 1.33 bits per heavy atom. The molecular weight excluding hydrogens is 358 g/mol. The fourth-order valence-corrected chi connectivity index (χ4v) is 3.54. The first-order chi connectivity index (χ1) is 13.1. The number of hydrogen-bond acceptors (Lipinski definition) is 5. The smallest absolute Gasteiger partial charge is 0.237 e. The quantitative estimate of drug-likeness (QED) is 0.629. The third kappa shape index (κ3) is 6.00. The standard InChI is InChI=1S/C21H25N3O2S/c1-4-6-8-16-12-11-15(14-22)21(24-16)27-19(5-2)20(25)23-17-9-7-10-18(13-17)26-3/h7,9-13,19H,4-6,8H2,1-3H3,(H,23,25). The maximum Gasteiger partial charge on any atom is 0.237 e. The number of unbranched alkanes of at least 4 members (excludes halogenated alkanes) is 1. The van der Waals surface area contributed by atoms with Crippen LogP contribution in [0.3, 0.4) is 0 Å². The summed E-state index contributed by atoms with van der Waals surface area (Å²) in [5.74, 6) is 0.575. The number of rotatable bonds is 9. The van der Waals surface area contributed by atoms with Crippen LogP contribution in [0.25, 0.3) is 0 Å². The molecule has 2 rings (SSSR count). The van der Waals surface area contributed by atoms with Gasteiger partial charge in [-0.1, -0.05) is 38.1 Å². The average Bonchev–Trinajstić information content (AvgIpc) is 2.70. The number of nitriles is 1. The average molecular weight is 384 g/mol. The Balaban J connectivity index is 2.15. The molecule has 0 bridgehead atoms. The number of carbonyl (C=O) groups is 1. The van der Waals surface area contributed by atoms with E-state index in [0.29, 0.717) is 28.4 Å². The lowest BCUT2D eigenvalue weighted by Gasteiger charge is -2.16. The van der Waals surface area contributed by atoms with E-state index >= 15 is 0 Å². The second-order valence-corrected chi connectivity index (χ2v) is 7.30. The lowest BCUT2D eigenvalue weighted by atomic mass is 10.2. The van der Waals surface area contributed by atoms with Crippen LogP contribution in [0.1, 0.15) is 44.4 Å². The van der Waals surface area contributed by atoms with Crippen LogP contribution in [0.4, 0.5) is 5.69 Å². The van der Waals surface area contributed by atoms with Crippen molar-refractivity contribution in [1.82, 2.24) is 4.98 Å². The molecule has 0 aliphatic heterocycles. The van der Waals surface area contributed by atoms with Gasteiger partial charge in [-0.25, -0.2) is 4.98 Å². The Bertz CT molecular complexity index is 817. The van der Waals surface area contributed by atoms with Gasteiger partial charge in [0.25, 0.3) is 0 Å². The van der Waals surface area contributed by atoms with E-state index in [-0.39, 0.29) is 11.2 Å². The molecule has 1 aromatic heterocycles. The van der Waals surface area contributed by atoms with Crippen molar-refractivity contribution < 1.29 is 9.53 Å². The van der Waals surface area contributed by atoms with Crippen molar-refractivity contribution in [2.24, 2.45) is 0 Å². The van der Waals surface area contributed by atoms with E-state index in [1.54, 1.807) is 19.2 Å². The van der Waals surface area contributed by atoms with Crippen molar-refractivity contribution >= 4 is 23.4 Å². The van der Waals surface area contributed by atoms with E-state index in [2.05, 4.69) is 23.3 Å². The van der Waals surface area contributed by atoms with E-state index in [1.807, 2.05) is 31.2 Å². The predicted molar refractivity (Wildman–Crippen MR) is 109 cm³/mol. The van der Waals surface area contributed by atoms with Gasteiger partial charge in [0.15, 0.2) is 0 Å². The van der Waals surface area contributed by atoms with E-state index in [0.717, 1.165) is 25.0 Å². The molecule has 0 spiro atoms. The van der Waals surface area contributed by atoms with E-state index in [4.69, 9.17) is 4.74 Å². The number of amides is 1. The number of aryl methyl sites for hydroxylation is 1. The summed E-state index contributed by atoms with van der Waals surface area (Å²) in [7, 11) is 1.59. The topological polar surface area (TPSA) is 75.0 Å². The van der Waals surface area contributed by atoms with Gasteiger partial charge in [0.2, 0.25) is 5.91 Å². The van der Waals surface area contributed by atoms with Gasteiger partial charge < -0.3 is 10.1 Å². The molecule has 0 fully saturated rings. The minimum atomic E-state index is -0.336. The van der Waals surface area contributed by atoms with Crippen LogP contribution in [0.15, 0.2) is 41.4 Å². The summed E-state index contributed by atoms with van der Waals surface area (Å²) in [6, 6.07) is 13.1. The highest BCUT2D eigenvalue weighted by molar-refractivity contribution is 8.00. The minimum absolute atomic E-state index is 0.111. The minimum Gasteiger partial charge on any atom is -0.497 e. The number of methoxy groups -OCH3 is 1. The first-order valence-corrected chi connectivity index (χ1v) is 10.0. The van der Waals surface area contributed by atoms with Crippen LogP contribution < -0.4 is 10.1 Å². The van der Waals surface area contributed by atoms with Crippen molar-refractivity contribution in [2.75, 3.05) is 12.4 Å². The maximum atomic E-state index is 12.7. The van der Waals surface area contributed by atoms with Crippen molar-refractivity contribution in [3.05, 3.63) is 47.7 Å². The summed E-state index contributed by atoms with van der Waals surface area (Å²) >= 11 is 1.35. The van der Waals surface area contributed by atoms with Gasteiger partial charge in [0.1, 0.15) is 16.8 Å². The highest BCUT2D eigenvalue weighted by Gasteiger charge is 2.21. The highest BCUT2D eigenvalue weighted by atomic mass is 32.2. The molecule has 1 N–H and O–H groups in total. The number of benzene rings is 1. The first kappa shape index (κ1) is 20.8. The van der Waals surface area contributed by atoms with Gasteiger partial charge in [0, 0.05) is 17.4 Å². The van der Waals surface area contributed by atoms with Gasteiger partial charge in [-0.3, -0.25) is 4.79 Å². The molecule has 0 aliphatic rings. The van der Waals surface area contributed by atoms with Crippen LogP contribution in [0.5, 0.6) is 5.75 Å². The maximum absolute atomic E-state index is 12.7. The van der Waals surface area contributed by atoms with E-state index in [9.17, 15) is 10.1 Å². The number of nitrogens with zero attached hydrogens (tertiary/aromatic N) is 2. The Morgan fingerprint density at radius 3 is 2.81 bits per heavy atom. The zero-order valence-electron chi connectivity index (χ0n) is 16.0. The summed E-state index contributed by atoms with van der Waals surface area (Å²) in [6.07, 6.45) is 3.65. The van der Waals surface area contributed by atoms with Gasteiger partial charge in [-0.2, -0.15) is 5.26 Å². The fourth-order valence-electron chi connectivity index (χ4n) is 2.53. The number of anilines is 1. The number of ether oxygens (including phenoxy) is 1. The molecule has 142 valence electrons. The molecule has 0 radical (unpaired) electrons. The zero-order chi connectivity index (χ0) is 19.6. The number of aromatic nitrogens is 1. The lowest BCUT2D eigenvalue weighted by Crippen LogP contribution is -2.24. The van der Waals surface area contributed by atoms with Gasteiger partial charge >= 0.3 is 0 Å².